The maximum absolute atomic E-state index is 12.0. The molecule has 0 spiro atoms. The van der Waals surface area contributed by atoms with Gasteiger partial charge in [0.2, 0.25) is 5.91 Å². The Labute approximate surface area is 92.3 Å². The smallest absolute Gasteiger partial charge is 0.223 e. The molecule has 0 aromatic carbocycles. The lowest BCUT2D eigenvalue weighted by Gasteiger charge is -2.23. The lowest BCUT2D eigenvalue weighted by Crippen LogP contribution is -2.35. The maximum atomic E-state index is 12.0. The lowest BCUT2D eigenvalue weighted by molar-refractivity contribution is -0.132. The molecule has 1 saturated carbocycles. The van der Waals surface area contributed by atoms with Crippen LogP contribution in [-0.4, -0.2) is 29.9 Å². The van der Waals surface area contributed by atoms with E-state index in [4.69, 9.17) is 5.73 Å². The quantitative estimate of drug-likeness (QED) is 0.648. The Bertz CT molecular complexity index is 220. The van der Waals surface area contributed by atoms with Gasteiger partial charge in [-0.3, -0.25) is 4.79 Å². The first-order valence-electron chi connectivity index (χ1n) is 5.83. The monoisotopic (exact) mass is 210 g/mol. The molecule has 1 aliphatic carbocycles. The molecule has 3 heteroatoms. The lowest BCUT2D eigenvalue weighted by atomic mass is 10.0. The molecule has 1 rings (SSSR count). The van der Waals surface area contributed by atoms with E-state index in [9.17, 15) is 4.79 Å². The Morgan fingerprint density at radius 1 is 1.67 bits per heavy atom. The summed E-state index contributed by atoms with van der Waals surface area (Å²) in [6, 6.07) is 0.478. The molecule has 0 aliphatic heterocycles. The zero-order valence-corrected chi connectivity index (χ0v) is 9.61. The minimum atomic E-state index is 0.245. The van der Waals surface area contributed by atoms with E-state index in [1.54, 1.807) is 6.08 Å². The van der Waals surface area contributed by atoms with Gasteiger partial charge in [0.05, 0.1) is 0 Å². The van der Waals surface area contributed by atoms with Crippen molar-refractivity contribution in [3.8, 4) is 0 Å². The van der Waals surface area contributed by atoms with E-state index < -0.39 is 0 Å². The van der Waals surface area contributed by atoms with Gasteiger partial charge in [0, 0.05) is 19.0 Å². The fourth-order valence-electron chi connectivity index (χ4n) is 1.74. The van der Waals surface area contributed by atoms with Crippen LogP contribution in [0.5, 0.6) is 0 Å². The highest BCUT2D eigenvalue weighted by atomic mass is 16.2. The van der Waals surface area contributed by atoms with E-state index in [-0.39, 0.29) is 5.91 Å². The second kappa shape index (κ2) is 5.91. The van der Waals surface area contributed by atoms with Crippen molar-refractivity contribution >= 4 is 5.91 Å². The number of hydrogen-bond acceptors (Lipinski definition) is 2. The van der Waals surface area contributed by atoms with Gasteiger partial charge in [0.15, 0.2) is 0 Å². The van der Waals surface area contributed by atoms with Crippen LogP contribution in [0.4, 0.5) is 0 Å². The highest BCUT2D eigenvalue weighted by molar-refractivity contribution is 5.77. The van der Waals surface area contributed by atoms with Crippen molar-refractivity contribution in [3.63, 3.8) is 0 Å². The van der Waals surface area contributed by atoms with Crippen molar-refractivity contribution in [2.24, 2.45) is 11.7 Å². The van der Waals surface area contributed by atoms with Crippen molar-refractivity contribution in [1.29, 1.82) is 0 Å². The third-order valence-electron chi connectivity index (χ3n) is 3.01. The van der Waals surface area contributed by atoms with Crippen LogP contribution in [0.25, 0.3) is 0 Å². The summed E-state index contributed by atoms with van der Waals surface area (Å²) in [5.41, 5.74) is 5.61. The summed E-state index contributed by atoms with van der Waals surface area (Å²) in [7, 11) is 0. The van der Waals surface area contributed by atoms with Crippen LogP contribution in [0, 0.1) is 5.92 Å². The predicted octanol–water partition coefficient (Wildman–Crippen LogP) is 1.54. The Kier molecular flexibility index (Phi) is 4.82. The second-order valence-corrected chi connectivity index (χ2v) is 4.28. The minimum absolute atomic E-state index is 0.245. The molecule has 0 bridgehead atoms. The van der Waals surface area contributed by atoms with E-state index >= 15 is 0 Å². The fourth-order valence-corrected chi connectivity index (χ4v) is 1.74. The molecule has 1 unspecified atom stereocenters. The molecule has 0 heterocycles. The average Bonchev–Trinajstić information content (AvgIpc) is 3.06. The Hall–Kier alpha value is -0.830. The van der Waals surface area contributed by atoms with Crippen LogP contribution in [-0.2, 0) is 4.79 Å². The first-order valence-corrected chi connectivity index (χ1v) is 5.83. The molecule has 0 saturated heterocycles. The van der Waals surface area contributed by atoms with Gasteiger partial charge in [0.25, 0.3) is 0 Å². The molecule has 1 atom stereocenters. The van der Waals surface area contributed by atoms with E-state index in [1.807, 2.05) is 4.90 Å². The number of hydrogen-bond donors (Lipinski definition) is 1. The third kappa shape index (κ3) is 3.67. The molecular weight excluding hydrogens is 188 g/mol. The predicted molar refractivity (Wildman–Crippen MR) is 62.4 cm³/mol. The van der Waals surface area contributed by atoms with Gasteiger partial charge in [-0.25, -0.2) is 0 Å². The number of amides is 1. The van der Waals surface area contributed by atoms with E-state index in [0.717, 1.165) is 19.3 Å². The zero-order valence-electron chi connectivity index (χ0n) is 9.61. The van der Waals surface area contributed by atoms with Crippen LogP contribution < -0.4 is 5.73 Å². The number of nitrogens with zero attached hydrogens (tertiary/aromatic N) is 1. The number of rotatable bonds is 7. The summed E-state index contributed by atoms with van der Waals surface area (Å²) in [6.45, 7) is 7.07. The summed E-state index contributed by atoms with van der Waals surface area (Å²) in [5.74, 6) is 0.582. The molecule has 1 aliphatic rings. The van der Waals surface area contributed by atoms with Crippen molar-refractivity contribution in [2.45, 2.75) is 38.6 Å². The molecule has 2 N–H and O–H groups in total. The number of carbonyl (C=O) groups is 1. The summed E-state index contributed by atoms with van der Waals surface area (Å²) < 4.78 is 0. The van der Waals surface area contributed by atoms with E-state index in [2.05, 4.69) is 13.5 Å². The zero-order chi connectivity index (χ0) is 11.3. The Morgan fingerprint density at radius 3 is 2.73 bits per heavy atom. The Balaban J connectivity index is 2.44. The van der Waals surface area contributed by atoms with E-state index in [1.165, 1.54) is 0 Å². The van der Waals surface area contributed by atoms with Gasteiger partial charge in [-0.05, 0) is 25.3 Å². The molecule has 0 aromatic heterocycles. The van der Waals surface area contributed by atoms with Crippen molar-refractivity contribution < 1.29 is 4.79 Å². The second-order valence-electron chi connectivity index (χ2n) is 4.28. The standard InChI is InChI=1S/C12H22N2O/c1-3-7-14(11-5-6-11)12(15)8-10(4-2)9-13/h3,10-11H,1,4-9,13H2,2H3. The highest BCUT2D eigenvalue weighted by Crippen LogP contribution is 2.27. The van der Waals surface area contributed by atoms with Crippen LogP contribution in [0.15, 0.2) is 12.7 Å². The number of carbonyl (C=O) groups excluding carboxylic acids is 1. The number of nitrogens with two attached hydrogens (primary N) is 1. The van der Waals surface area contributed by atoms with Crippen LogP contribution in [0.3, 0.4) is 0 Å². The third-order valence-corrected chi connectivity index (χ3v) is 3.01. The topological polar surface area (TPSA) is 46.3 Å². The van der Waals surface area contributed by atoms with Crippen molar-refractivity contribution in [3.05, 3.63) is 12.7 Å². The first kappa shape index (κ1) is 12.2. The molecular formula is C12H22N2O. The maximum Gasteiger partial charge on any atom is 0.223 e. The summed E-state index contributed by atoms with van der Waals surface area (Å²) in [6.07, 6.45) is 5.68. The molecule has 0 aromatic rings. The molecule has 3 nitrogen and oxygen atoms in total. The first-order chi connectivity index (χ1) is 7.22. The molecule has 0 radical (unpaired) electrons. The van der Waals surface area contributed by atoms with Crippen molar-refractivity contribution in [2.75, 3.05) is 13.1 Å². The van der Waals surface area contributed by atoms with Crippen LogP contribution in [0.2, 0.25) is 0 Å². The summed E-state index contributed by atoms with van der Waals surface area (Å²) >= 11 is 0. The molecule has 1 fully saturated rings. The van der Waals surface area contributed by atoms with Crippen LogP contribution in [0.1, 0.15) is 32.6 Å². The Morgan fingerprint density at radius 2 is 2.33 bits per heavy atom. The van der Waals surface area contributed by atoms with E-state index in [0.29, 0.717) is 31.5 Å². The highest BCUT2D eigenvalue weighted by Gasteiger charge is 2.31. The summed E-state index contributed by atoms with van der Waals surface area (Å²) in [5, 5.41) is 0. The van der Waals surface area contributed by atoms with Crippen LogP contribution >= 0.6 is 0 Å². The van der Waals surface area contributed by atoms with Gasteiger partial charge in [0.1, 0.15) is 0 Å². The average molecular weight is 210 g/mol. The van der Waals surface area contributed by atoms with Crippen molar-refractivity contribution in [1.82, 2.24) is 4.90 Å². The van der Waals surface area contributed by atoms with Gasteiger partial charge >= 0.3 is 0 Å². The largest absolute Gasteiger partial charge is 0.336 e. The molecule has 1 amide bonds. The van der Waals surface area contributed by atoms with Gasteiger partial charge in [-0.15, -0.1) is 6.58 Å². The molecule has 15 heavy (non-hydrogen) atoms. The van der Waals surface area contributed by atoms with Gasteiger partial charge in [-0.2, -0.15) is 0 Å². The minimum Gasteiger partial charge on any atom is -0.336 e. The van der Waals surface area contributed by atoms with Gasteiger partial charge in [-0.1, -0.05) is 19.4 Å². The summed E-state index contributed by atoms with van der Waals surface area (Å²) in [4.78, 5) is 13.9. The van der Waals surface area contributed by atoms with Gasteiger partial charge < -0.3 is 10.6 Å². The fraction of sp³-hybridized carbons (Fsp3) is 0.750. The molecule has 86 valence electrons. The normalized spacial score (nSPS) is 17.2. The SMILES string of the molecule is C=CCN(C(=O)CC(CC)CN)C1CC1.